The summed E-state index contributed by atoms with van der Waals surface area (Å²) in [6.45, 7) is 10.1. The van der Waals surface area contributed by atoms with E-state index in [2.05, 4.69) is 9.47 Å². The second-order valence-corrected chi connectivity index (χ2v) is 10.5. The highest BCUT2D eigenvalue weighted by Gasteiger charge is 2.32. The minimum Gasteiger partial charge on any atom is -0.391 e. The topological polar surface area (TPSA) is 127 Å². The van der Waals surface area contributed by atoms with Gasteiger partial charge in [-0.15, -0.1) is 0 Å². The zero-order valence-corrected chi connectivity index (χ0v) is 20.6. The van der Waals surface area contributed by atoms with Gasteiger partial charge in [0.1, 0.15) is 0 Å². The van der Waals surface area contributed by atoms with Gasteiger partial charge >= 0.3 is 23.9 Å². The first kappa shape index (κ1) is 30.2. The summed E-state index contributed by atoms with van der Waals surface area (Å²) in [6.07, 6.45) is 4.46. The Balaban J connectivity index is 3.71. The molecular weight excluding hydrogens is 416 g/mol. The molecular formula is C24H42O8. The van der Waals surface area contributed by atoms with Crippen molar-refractivity contribution in [3.8, 4) is 0 Å². The van der Waals surface area contributed by atoms with Crippen LogP contribution in [0.1, 0.15) is 106 Å². The molecule has 186 valence electrons. The fourth-order valence-electron chi connectivity index (χ4n) is 2.74. The number of esters is 4. The van der Waals surface area contributed by atoms with Crippen LogP contribution in [-0.4, -0.2) is 46.3 Å². The Morgan fingerprint density at radius 1 is 0.562 bits per heavy atom. The highest BCUT2D eigenvalue weighted by molar-refractivity contribution is 5.88. The molecule has 0 aromatic carbocycles. The molecule has 0 aliphatic heterocycles. The van der Waals surface area contributed by atoms with E-state index < -0.39 is 46.9 Å². The molecule has 32 heavy (non-hydrogen) atoms. The van der Waals surface area contributed by atoms with Crippen molar-refractivity contribution in [3.63, 3.8) is 0 Å². The molecule has 0 aromatic rings. The third-order valence-electron chi connectivity index (χ3n) is 5.03. The highest BCUT2D eigenvalue weighted by atomic mass is 16.6. The van der Waals surface area contributed by atoms with Crippen molar-refractivity contribution in [3.05, 3.63) is 0 Å². The molecule has 0 bridgehead atoms. The molecule has 0 radical (unpaired) electrons. The molecule has 0 rings (SSSR count). The Morgan fingerprint density at radius 3 is 1.06 bits per heavy atom. The normalized spacial score (nSPS) is 13.9. The molecule has 0 heterocycles. The Kier molecular flexibility index (Phi) is 13.6. The minimum absolute atomic E-state index is 0.146. The van der Waals surface area contributed by atoms with Crippen LogP contribution in [0, 0.1) is 10.8 Å². The highest BCUT2D eigenvalue weighted by Crippen LogP contribution is 2.21. The van der Waals surface area contributed by atoms with Gasteiger partial charge in [-0.2, -0.15) is 0 Å². The van der Waals surface area contributed by atoms with Gasteiger partial charge in [0.15, 0.2) is 12.2 Å². The molecule has 0 aliphatic carbocycles. The van der Waals surface area contributed by atoms with Gasteiger partial charge in [0.2, 0.25) is 0 Å². The van der Waals surface area contributed by atoms with Crippen LogP contribution in [-0.2, 0) is 28.7 Å². The van der Waals surface area contributed by atoms with Crippen LogP contribution in [0.25, 0.3) is 0 Å². The van der Waals surface area contributed by atoms with Crippen LogP contribution in [0.4, 0.5) is 0 Å². The first-order valence-corrected chi connectivity index (χ1v) is 11.5. The van der Waals surface area contributed by atoms with Crippen molar-refractivity contribution in [2.75, 3.05) is 0 Å². The lowest BCUT2D eigenvalue weighted by Crippen LogP contribution is -2.36. The summed E-state index contributed by atoms with van der Waals surface area (Å²) < 4.78 is 9.37. The van der Waals surface area contributed by atoms with Crippen molar-refractivity contribution in [2.45, 2.75) is 118 Å². The number of unbranched alkanes of at least 4 members (excludes halogenated alkanes) is 7. The lowest BCUT2D eigenvalue weighted by Gasteiger charge is -2.23. The fraction of sp³-hybridized carbons (Fsp3) is 0.833. The number of rotatable bonds is 13. The van der Waals surface area contributed by atoms with Gasteiger partial charge in [0.05, 0.1) is 0 Å². The summed E-state index contributed by atoms with van der Waals surface area (Å²) >= 11 is 0. The number of aliphatic hydroxyl groups is 2. The third-order valence-corrected chi connectivity index (χ3v) is 5.03. The summed E-state index contributed by atoms with van der Waals surface area (Å²) in [4.78, 5) is 46.7. The lowest BCUT2D eigenvalue weighted by molar-refractivity contribution is -0.171. The van der Waals surface area contributed by atoms with Crippen LogP contribution < -0.4 is 0 Å². The number of carbonyl (C=O) groups excluding carboxylic acids is 4. The molecule has 2 unspecified atom stereocenters. The van der Waals surface area contributed by atoms with E-state index in [4.69, 9.17) is 0 Å². The van der Waals surface area contributed by atoms with E-state index in [-0.39, 0.29) is 12.8 Å². The van der Waals surface area contributed by atoms with Crippen molar-refractivity contribution in [2.24, 2.45) is 10.8 Å². The van der Waals surface area contributed by atoms with Gasteiger partial charge in [-0.25, -0.2) is 9.59 Å². The monoisotopic (exact) mass is 458 g/mol. The average Bonchev–Trinajstić information content (AvgIpc) is 2.66. The summed E-state index contributed by atoms with van der Waals surface area (Å²) in [5, 5.41) is 19.6. The van der Waals surface area contributed by atoms with Gasteiger partial charge in [-0.05, 0) is 23.7 Å². The molecule has 0 aliphatic rings. The lowest BCUT2D eigenvalue weighted by atomic mass is 9.89. The SMILES string of the molecule is CC(C)(C)C(O)C(=O)OC(=O)CCCCCCCCCCC(=O)OC(=O)C(O)C(C)(C)C. The van der Waals surface area contributed by atoms with E-state index in [0.717, 1.165) is 38.5 Å². The van der Waals surface area contributed by atoms with Crippen LogP contribution in [0.15, 0.2) is 0 Å². The second kappa shape index (κ2) is 14.4. The third kappa shape index (κ3) is 13.6. The molecule has 2 N–H and O–H groups in total. The Morgan fingerprint density at radius 2 is 0.812 bits per heavy atom. The Bertz CT molecular complexity index is 558. The smallest absolute Gasteiger partial charge is 0.343 e. The number of ether oxygens (including phenoxy) is 2. The first-order valence-electron chi connectivity index (χ1n) is 11.5. The summed E-state index contributed by atoms with van der Waals surface area (Å²) in [5.41, 5.74) is -1.35. The predicted octanol–water partition coefficient (Wildman–Crippen LogP) is 3.84. The number of hydrogen-bond acceptors (Lipinski definition) is 8. The minimum atomic E-state index is -1.33. The first-order chi connectivity index (χ1) is 14.7. The van der Waals surface area contributed by atoms with E-state index >= 15 is 0 Å². The quantitative estimate of drug-likeness (QED) is 0.242. The van der Waals surface area contributed by atoms with Gasteiger partial charge in [0, 0.05) is 12.8 Å². The fourth-order valence-corrected chi connectivity index (χ4v) is 2.74. The predicted molar refractivity (Wildman–Crippen MR) is 119 cm³/mol. The van der Waals surface area contributed by atoms with Crippen molar-refractivity contribution < 1.29 is 38.9 Å². The van der Waals surface area contributed by atoms with Crippen LogP contribution in [0.3, 0.4) is 0 Å². The van der Waals surface area contributed by atoms with Crippen LogP contribution in [0.2, 0.25) is 0 Å². The standard InChI is InChI=1S/C24H42O8/c1-23(2,3)19(27)21(29)31-17(25)15-13-11-9-7-8-10-12-14-16-18(26)32-22(30)20(28)24(4,5)6/h19-20,27-28H,7-16H2,1-6H3. The second-order valence-electron chi connectivity index (χ2n) is 10.5. The zero-order chi connectivity index (χ0) is 24.9. The zero-order valence-electron chi connectivity index (χ0n) is 20.6. The maximum Gasteiger partial charge on any atom is 0.343 e. The van der Waals surface area contributed by atoms with Crippen molar-refractivity contribution in [1.29, 1.82) is 0 Å². The van der Waals surface area contributed by atoms with Crippen molar-refractivity contribution in [1.82, 2.24) is 0 Å². The van der Waals surface area contributed by atoms with E-state index in [0.29, 0.717) is 12.8 Å². The molecule has 8 nitrogen and oxygen atoms in total. The maximum atomic E-state index is 11.7. The van der Waals surface area contributed by atoms with E-state index in [1.807, 2.05) is 0 Å². The van der Waals surface area contributed by atoms with Crippen LogP contribution in [0.5, 0.6) is 0 Å². The molecule has 0 fully saturated rings. The molecule has 8 heteroatoms. The largest absolute Gasteiger partial charge is 0.391 e. The van der Waals surface area contributed by atoms with Gasteiger partial charge in [-0.3, -0.25) is 9.59 Å². The van der Waals surface area contributed by atoms with E-state index in [1.54, 1.807) is 41.5 Å². The molecule has 0 saturated heterocycles. The average molecular weight is 459 g/mol. The van der Waals surface area contributed by atoms with Gasteiger partial charge in [0.25, 0.3) is 0 Å². The van der Waals surface area contributed by atoms with Crippen molar-refractivity contribution >= 4 is 23.9 Å². The molecule has 0 aromatic heterocycles. The van der Waals surface area contributed by atoms with Gasteiger partial charge in [-0.1, -0.05) is 80.1 Å². The van der Waals surface area contributed by atoms with E-state index in [1.165, 1.54) is 0 Å². The Labute approximate surface area is 192 Å². The number of carbonyl (C=O) groups is 4. The molecule has 0 spiro atoms. The summed E-state index contributed by atoms with van der Waals surface area (Å²) in [6, 6.07) is 0. The van der Waals surface area contributed by atoms with Gasteiger partial charge < -0.3 is 19.7 Å². The molecule has 0 amide bonds. The van der Waals surface area contributed by atoms with Crippen LogP contribution >= 0.6 is 0 Å². The molecule has 0 saturated carbocycles. The maximum absolute atomic E-state index is 11.7. The summed E-state index contributed by atoms with van der Waals surface area (Å²) in [7, 11) is 0. The van der Waals surface area contributed by atoms with E-state index in [9.17, 15) is 29.4 Å². The summed E-state index contributed by atoms with van der Waals surface area (Å²) in [5.74, 6) is -3.03. The number of hydrogen-bond donors (Lipinski definition) is 2. The number of aliphatic hydroxyl groups excluding tert-OH is 2. The Hall–Kier alpha value is -1.80. The molecule has 2 atom stereocenters.